The van der Waals surface area contributed by atoms with Gasteiger partial charge in [0, 0.05) is 6.54 Å². The predicted molar refractivity (Wildman–Crippen MR) is 117 cm³/mol. The van der Waals surface area contributed by atoms with E-state index in [2.05, 4.69) is 5.43 Å². The van der Waals surface area contributed by atoms with E-state index in [4.69, 9.17) is 34.3 Å². The second kappa shape index (κ2) is 14.3. The Morgan fingerprint density at radius 2 is 1.08 bits per heavy atom. The van der Waals surface area contributed by atoms with Gasteiger partial charge >= 0.3 is 0 Å². The van der Waals surface area contributed by atoms with Gasteiger partial charge in [-0.05, 0) is 0 Å². The van der Waals surface area contributed by atoms with Crippen LogP contribution in [0.5, 0.6) is 0 Å². The van der Waals surface area contributed by atoms with Crippen molar-refractivity contribution in [2.75, 3.05) is 33.0 Å². The highest BCUT2D eigenvalue weighted by Crippen LogP contribution is 2.30. The van der Waals surface area contributed by atoms with Gasteiger partial charge in [0.1, 0.15) is 73.2 Å². The number of hydrogen-bond acceptors (Lipinski definition) is 18. The summed E-state index contributed by atoms with van der Waals surface area (Å²) >= 11 is 0. The molecule has 0 unspecified atom stereocenters. The highest BCUT2D eigenvalue weighted by molar-refractivity contribution is 4.95. The quantitative estimate of drug-likeness (QED) is 0.0632. The fourth-order valence-corrected chi connectivity index (χ4v) is 4.30. The fourth-order valence-electron chi connectivity index (χ4n) is 4.30. The molecule has 0 radical (unpaired) electrons. The summed E-state index contributed by atoms with van der Waals surface area (Å²) in [5, 5.41) is 101. The zero-order valence-corrected chi connectivity index (χ0v) is 20.2. The Hall–Kier alpha value is -0.720. The summed E-state index contributed by atoms with van der Waals surface area (Å²) < 4.78 is 32.6. The van der Waals surface area contributed by atoms with Crippen molar-refractivity contribution in [3.8, 4) is 0 Å². The molecule has 0 aliphatic carbocycles. The number of hydrogen-bond donors (Lipinski definition) is 12. The van der Waals surface area contributed by atoms with Gasteiger partial charge in [-0.2, -0.15) is 0 Å². The van der Waals surface area contributed by atoms with Crippen LogP contribution in [0.3, 0.4) is 0 Å². The van der Waals surface area contributed by atoms with Crippen LogP contribution in [0.4, 0.5) is 0 Å². The van der Waals surface area contributed by atoms with Gasteiger partial charge in [-0.25, -0.2) is 0 Å². The average molecular weight is 563 g/mol. The minimum atomic E-state index is -1.83. The summed E-state index contributed by atoms with van der Waals surface area (Å²) in [5.41, 5.74) is 2.33. The number of aliphatic hydroxyl groups excluding tert-OH is 10. The number of nitrogens with two attached hydrogens (primary N) is 1. The Morgan fingerprint density at radius 3 is 1.63 bits per heavy atom. The zero-order valence-electron chi connectivity index (χ0n) is 20.2. The van der Waals surface area contributed by atoms with Crippen molar-refractivity contribution in [2.45, 2.75) is 92.1 Å². The number of ether oxygens (including phenoxy) is 6. The third-order valence-corrected chi connectivity index (χ3v) is 6.58. The maximum atomic E-state index is 10.9. The van der Waals surface area contributed by atoms with E-state index in [1.165, 1.54) is 0 Å². The van der Waals surface area contributed by atoms with Crippen LogP contribution in [0.25, 0.3) is 0 Å². The van der Waals surface area contributed by atoms with Crippen molar-refractivity contribution in [3.05, 3.63) is 0 Å². The highest BCUT2D eigenvalue weighted by Gasteiger charge is 2.52. The van der Waals surface area contributed by atoms with Crippen LogP contribution >= 0.6 is 0 Å². The van der Waals surface area contributed by atoms with Crippen molar-refractivity contribution < 1.29 is 79.5 Å². The second-order valence-electron chi connectivity index (χ2n) is 9.18. The van der Waals surface area contributed by atoms with Gasteiger partial charge in [0.05, 0.1) is 26.4 Å². The van der Waals surface area contributed by atoms with E-state index >= 15 is 0 Å². The number of aliphatic hydroxyl groups is 10. The monoisotopic (exact) mass is 562 g/mol. The highest BCUT2D eigenvalue weighted by atomic mass is 16.7. The Morgan fingerprint density at radius 1 is 0.579 bits per heavy atom. The maximum Gasteiger partial charge on any atom is 0.187 e. The number of hydrazine groups is 1. The lowest BCUT2D eigenvalue weighted by Crippen LogP contribution is -2.65. The van der Waals surface area contributed by atoms with Crippen molar-refractivity contribution in [1.82, 2.24) is 5.43 Å². The fraction of sp³-hybridized carbons (Fsp3) is 1.00. The molecule has 224 valence electrons. The van der Waals surface area contributed by atoms with E-state index in [0.29, 0.717) is 0 Å². The van der Waals surface area contributed by atoms with E-state index in [1.807, 2.05) is 0 Å². The van der Waals surface area contributed by atoms with Crippen molar-refractivity contribution in [2.24, 2.45) is 5.84 Å². The molecule has 0 aromatic carbocycles. The minimum absolute atomic E-state index is 0.0681. The first-order valence-corrected chi connectivity index (χ1v) is 12.0. The lowest BCUT2D eigenvalue weighted by atomic mass is 9.96. The third kappa shape index (κ3) is 6.94. The van der Waals surface area contributed by atoms with Gasteiger partial charge in [0.15, 0.2) is 18.9 Å². The van der Waals surface area contributed by atoms with Crippen LogP contribution in [0, 0.1) is 0 Å². The summed E-state index contributed by atoms with van der Waals surface area (Å²) in [4.78, 5) is 0. The molecule has 3 saturated heterocycles. The van der Waals surface area contributed by atoms with Crippen LogP contribution in [-0.2, 0) is 28.4 Å². The molecule has 0 spiro atoms. The van der Waals surface area contributed by atoms with E-state index in [9.17, 15) is 51.1 Å². The van der Waals surface area contributed by atoms with E-state index in [0.717, 1.165) is 0 Å². The van der Waals surface area contributed by atoms with Crippen molar-refractivity contribution in [3.63, 3.8) is 0 Å². The van der Waals surface area contributed by atoms with Gasteiger partial charge < -0.3 is 79.5 Å². The Kier molecular flexibility index (Phi) is 11.9. The molecule has 0 aromatic rings. The summed E-state index contributed by atoms with van der Waals surface area (Å²) in [7, 11) is 0. The average Bonchev–Trinajstić information content (AvgIpc) is 2.91. The van der Waals surface area contributed by atoms with Gasteiger partial charge in [0.2, 0.25) is 0 Å². The molecule has 3 rings (SSSR count). The van der Waals surface area contributed by atoms with E-state index in [-0.39, 0.29) is 13.2 Å². The van der Waals surface area contributed by atoms with Crippen LogP contribution in [0.1, 0.15) is 0 Å². The number of nitrogens with one attached hydrogen (secondary N) is 1. The molecular weight excluding hydrogens is 524 g/mol. The standard InChI is InChI=1S/C20H38N2O16/c21-22-1-2-33-19-16(32)17(38-20-15(31)13(29)10(26)7(4-24)36-20)11(27)8(37-19)5-34-18-14(30)12(28)9(25)6(3-23)35-18/h6-20,22-32H,1-5,21H2/t6-,7-,8-,9-,10-,11-,12+,13+,14+,15+,16+,17+,18+,19+,20-/m1/s1. The predicted octanol–water partition coefficient (Wildman–Crippen LogP) is -8.09. The second-order valence-corrected chi connectivity index (χ2v) is 9.18. The molecule has 3 aliphatic rings. The first-order chi connectivity index (χ1) is 18.0. The van der Waals surface area contributed by atoms with Crippen LogP contribution in [0.2, 0.25) is 0 Å². The summed E-state index contributed by atoms with van der Waals surface area (Å²) in [5.74, 6) is 5.21. The summed E-state index contributed by atoms with van der Waals surface area (Å²) in [6.45, 7) is -1.92. The van der Waals surface area contributed by atoms with Crippen LogP contribution in [-0.4, -0.2) is 176 Å². The summed E-state index contributed by atoms with van der Waals surface area (Å²) in [6, 6.07) is 0. The van der Waals surface area contributed by atoms with Gasteiger partial charge in [0.25, 0.3) is 0 Å². The van der Waals surface area contributed by atoms with E-state index < -0.39 is 112 Å². The molecule has 0 saturated carbocycles. The lowest BCUT2D eigenvalue weighted by molar-refractivity contribution is -0.366. The first-order valence-electron chi connectivity index (χ1n) is 12.0. The molecule has 3 aliphatic heterocycles. The molecule has 3 fully saturated rings. The number of rotatable bonds is 11. The van der Waals surface area contributed by atoms with Gasteiger partial charge in [-0.1, -0.05) is 0 Å². The largest absolute Gasteiger partial charge is 0.394 e. The Bertz CT molecular complexity index is 708. The molecule has 0 bridgehead atoms. The van der Waals surface area contributed by atoms with Gasteiger partial charge in [-0.3, -0.25) is 11.3 Å². The maximum absolute atomic E-state index is 10.9. The SMILES string of the molecule is NNCCO[C@H]1O[C@H](CO[C@H]2O[C@H](CO)[C@@H](O)[C@H](O)[C@@H]2O)[C@@H](O)[C@H](O[C@H]2O[C@H](CO)[C@@H](O)[C@H](O)[C@@H]2O)[C@@H]1O. The lowest BCUT2D eigenvalue weighted by Gasteiger charge is -2.46. The Balaban J connectivity index is 1.73. The van der Waals surface area contributed by atoms with Gasteiger partial charge in [-0.15, -0.1) is 0 Å². The summed E-state index contributed by atoms with van der Waals surface area (Å²) in [6.07, 6.45) is -24.0. The first kappa shape index (κ1) is 31.8. The van der Waals surface area contributed by atoms with Crippen LogP contribution < -0.4 is 11.3 Å². The smallest absolute Gasteiger partial charge is 0.187 e. The van der Waals surface area contributed by atoms with E-state index in [1.54, 1.807) is 0 Å². The van der Waals surface area contributed by atoms with Crippen LogP contribution in [0.15, 0.2) is 0 Å². The molecule has 0 amide bonds. The van der Waals surface area contributed by atoms with Crippen molar-refractivity contribution >= 4 is 0 Å². The molecule has 18 nitrogen and oxygen atoms in total. The van der Waals surface area contributed by atoms with Crippen molar-refractivity contribution in [1.29, 1.82) is 0 Å². The topological polar surface area (TPSA) is 296 Å². The molecular formula is C20H38N2O16. The molecule has 0 aromatic heterocycles. The molecule has 13 N–H and O–H groups in total. The normalized spacial score (nSPS) is 48.2. The third-order valence-electron chi connectivity index (χ3n) is 6.58. The zero-order chi connectivity index (χ0) is 28.1. The minimum Gasteiger partial charge on any atom is -0.394 e. The molecule has 15 atom stereocenters. The Labute approximate surface area is 216 Å². The molecule has 18 heteroatoms. The molecule has 3 heterocycles. The molecule has 38 heavy (non-hydrogen) atoms.